The second-order valence-electron chi connectivity index (χ2n) is 4.61. The molecule has 108 valence electrons. The smallest absolute Gasteiger partial charge is 0.313 e. The third-order valence-electron chi connectivity index (χ3n) is 2.98. The van der Waals surface area contributed by atoms with Gasteiger partial charge in [0.15, 0.2) is 0 Å². The van der Waals surface area contributed by atoms with Crippen LogP contribution in [0.1, 0.15) is 18.5 Å². The van der Waals surface area contributed by atoms with Gasteiger partial charge in [0.1, 0.15) is 5.75 Å². The van der Waals surface area contributed by atoms with Crippen molar-refractivity contribution in [2.75, 3.05) is 5.32 Å². The average Bonchev–Trinajstić information content (AvgIpc) is 2.50. The van der Waals surface area contributed by atoms with Crippen molar-refractivity contribution in [3.05, 3.63) is 60.2 Å². The number of carbonyl (C=O) groups is 2. The van der Waals surface area contributed by atoms with E-state index in [0.29, 0.717) is 5.69 Å². The van der Waals surface area contributed by atoms with Crippen LogP contribution in [0.3, 0.4) is 0 Å². The first kappa shape index (κ1) is 14.6. The number of benzene rings is 2. The van der Waals surface area contributed by atoms with Crippen molar-refractivity contribution in [1.82, 2.24) is 5.32 Å². The van der Waals surface area contributed by atoms with Gasteiger partial charge in [-0.1, -0.05) is 30.3 Å². The Bertz CT molecular complexity index is 624. The topological polar surface area (TPSA) is 78.4 Å². The third kappa shape index (κ3) is 4.07. The molecule has 0 fully saturated rings. The van der Waals surface area contributed by atoms with Gasteiger partial charge in [0.2, 0.25) is 0 Å². The van der Waals surface area contributed by atoms with Crippen molar-refractivity contribution in [3.8, 4) is 5.75 Å². The molecule has 0 heterocycles. The highest BCUT2D eigenvalue weighted by atomic mass is 16.3. The van der Waals surface area contributed by atoms with E-state index in [1.807, 2.05) is 30.3 Å². The quantitative estimate of drug-likeness (QED) is 0.597. The zero-order valence-electron chi connectivity index (χ0n) is 11.5. The molecular weight excluding hydrogens is 268 g/mol. The number of carbonyl (C=O) groups excluding carboxylic acids is 2. The molecule has 5 nitrogen and oxygen atoms in total. The Labute approximate surface area is 122 Å². The zero-order chi connectivity index (χ0) is 15.2. The van der Waals surface area contributed by atoms with Gasteiger partial charge >= 0.3 is 11.8 Å². The molecule has 0 radical (unpaired) electrons. The molecule has 5 heteroatoms. The summed E-state index contributed by atoms with van der Waals surface area (Å²) >= 11 is 0. The number of rotatable bonds is 3. The summed E-state index contributed by atoms with van der Waals surface area (Å²) in [5.74, 6) is -1.36. The van der Waals surface area contributed by atoms with Gasteiger partial charge in [0.05, 0.1) is 6.04 Å². The van der Waals surface area contributed by atoms with Gasteiger partial charge in [0, 0.05) is 5.69 Å². The molecular formula is C16H16N2O3. The Morgan fingerprint density at radius 1 is 0.952 bits per heavy atom. The summed E-state index contributed by atoms with van der Waals surface area (Å²) in [4.78, 5) is 23.6. The number of anilines is 1. The summed E-state index contributed by atoms with van der Waals surface area (Å²) in [6, 6.07) is 15.0. The van der Waals surface area contributed by atoms with E-state index in [-0.39, 0.29) is 11.8 Å². The summed E-state index contributed by atoms with van der Waals surface area (Å²) in [7, 11) is 0. The molecule has 3 N–H and O–H groups in total. The number of phenolic OH excluding ortho intramolecular Hbond substituents is 1. The first-order valence-corrected chi connectivity index (χ1v) is 6.52. The molecule has 2 rings (SSSR count). The van der Waals surface area contributed by atoms with Gasteiger partial charge in [-0.2, -0.15) is 0 Å². The highest BCUT2D eigenvalue weighted by Crippen LogP contribution is 2.14. The summed E-state index contributed by atoms with van der Waals surface area (Å²) in [5, 5.41) is 14.2. The van der Waals surface area contributed by atoms with E-state index < -0.39 is 11.8 Å². The molecule has 21 heavy (non-hydrogen) atoms. The fourth-order valence-corrected chi connectivity index (χ4v) is 1.82. The maximum atomic E-state index is 11.8. The Balaban J connectivity index is 1.93. The minimum absolute atomic E-state index is 0.0927. The molecule has 0 aliphatic carbocycles. The lowest BCUT2D eigenvalue weighted by Crippen LogP contribution is -2.36. The maximum absolute atomic E-state index is 11.8. The van der Waals surface area contributed by atoms with Crippen molar-refractivity contribution in [1.29, 1.82) is 0 Å². The van der Waals surface area contributed by atoms with Crippen molar-refractivity contribution in [3.63, 3.8) is 0 Å². The van der Waals surface area contributed by atoms with E-state index >= 15 is 0 Å². The SMILES string of the molecule is CC(NC(=O)C(=O)Nc1ccc(O)cc1)c1ccccc1. The van der Waals surface area contributed by atoms with Crippen LogP contribution in [0.4, 0.5) is 5.69 Å². The van der Waals surface area contributed by atoms with E-state index in [1.165, 1.54) is 24.3 Å². The van der Waals surface area contributed by atoms with Gasteiger partial charge in [-0.25, -0.2) is 0 Å². The predicted octanol–water partition coefficient (Wildman–Crippen LogP) is 2.21. The molecule has 0 aliphatic heterocycles. The third-order valence-corrected chi connectivity index (χ3v) is 2.98. The largest absolute Gasteiger partial charge is 0.508 e. The Kier molecular flexibility index (Phi) is 4.56. The van der Waals surface area contributed by atoms with Crippen LogP contribution in [0.25, 0.3) is 0 Å². The van der Waals surface area contributed by atoms with Gasteiger partial charge in [-0.05, 0) is 36.8 Å². The molecule has 0 bridgehead atoms. The van der Waals surface area contributed by atoms with Crippen molar-refractivity contribution in [2.24, 2.45) is 0 Å². The molecule has 1 unspecified atom stereocenters. The Morgan fingerprint density at radius 3 is 2.19 bits per heavy atom. The zero-order valence-corrected chi connectivity index (χ0v) is 11.5. The lowest BCUT2D eigenvalue weighted by Gasteiger charge is -2.14. The molecule has 0 saturated carbocycles. The molecule has 0 saturated heterocycles. The van der Waals surface area contributed by atoms with Crippen LogP contribution in [0.5, 0.6) is 5.75 Å². The number of aromatic hydroxyl groups is 1. The minimum Gasteiger partial charge on any atom is -0.508 e. The first-order chi connectivity index (χ1) is 10.1. The second-order valence-corrected chi connectivity index (χ2v) is 4.61. The van der Waals surface area contributed by atoms with Crippen LogP contribution in [0.2, 0.25) is 0 Å². The van der Waals surface area contributed by atoms with Crippen LogP contribution in [0, 0.1) is 0 Å². The number of phenols is 1. The van der Waals surface area contributed by atoms with E-state index in [1.54, 1.807) is 6.92 Å². The Morgan fingerprint density at radius 2 is 1.57 bits per heavy atom. The highest BCUT2D eigenvalue weighted by molar-refractivity contribution is 6.39. The van der Waals surface area contributed by atoms with Crippen molar-refractivity contribution >= 4 is 17.5 Å². The van der Waals surface area contributed by atoms with Gasteiger partial charge in [-0.3, -0.25) is 9.59 Å². The molecule has 2 amide bonds. The van der Waals surface area contributed by atoms with E-state index in [9.17, 15) is 9.59 Å². The molecule has 2 aromatic rings. The average molecular weight is 284 g/mol. The molecule has 2 aromatic carbocycles. The monoisotopic (exact) mass is 284 g/mol. The minimum atomic E-state index is -0.747. The fourth-order valence-electron chi connectivity index (χ4n) is 1.82. The summed E-state index contributed by atoms with van der Waals surface area (Å²) in [5.41, 5.74) is 1.36. The summed E-state index contributed by atoms with van der Waals surface area (Å²) in [6.45, 7) is 1.81. The predicted molar refractivity (Wildman–Crippen MR) is 79.7 cm³/mol. The Hall–Kier alpha value is -2.82. The lowest BCUT2D eigenvalue weighted by molar-refractivity contribution is -0.136. The van der Waals surface area contributed by atoms with Crippen LogP contribution < -0.4 is 10.6 Å². The molecule has 1 atom stereocenters. The normalized spacial score (nSPS) is 11.5. The second kappa shape index (κ2) is 6.56. The number of amides is 2. The summed E-state index contributed by atoms with van der Waals surface area (Å²) in [6.07, 6.45) is 0. The lowest BCUT2D eigenvalue weighted by atomic mass is 10.1. The van der Waals surface area contributed by atoms with Crippen molar-refractivity contribution in [2.45, 2.75) is 13.0 Å². The maximum Gasteiger partial charge on any atom is 0.313 e. The van der Waals surface area contributed by atoms with Crippen LogP contribution in [-0.2, 0) is 9.59 Å². The fraction of sp³-hybridized carbons (Fsp3) is 0.125. The van der Waals surface area contributed by atoms with Gasteiger partial charge in [0.25, 0.3) is 0 Å². The standard InChI is InChI=1S/C16H16N2O3/c1-11(12-5-3-2-4-6-12)17-15(20)16(21)18-13-7-9-14(19)10-8-13/h2-11,19H,1H3,(H,17,20)(H,18,21). The van der Waals surface area contributed by atoms with E-state index in [4.69, 9.17) is 5.11 Å². The molecule has 0 aromatic heterocycles. The highest BCUT2D eigenvalue weighted by Gasteiger charge is 2.16. The van der Waals surface area contributed by atoms with E-state index in [0.717, 1.165) is 5.56 Å². The summed E-state index contributed by atoms with van der Waals surface area (Å²) < 4.78 is 0. The van der Waals surface area contributed by atoms with Gasteiger partial charge < -0.3 is 15.7 Å². The number of hydrogen-bond donors (Lipinski definition) is 3. The molecule has 0 spiro atoms. The van der Waals surface area contributed by atoms with Crippen LogP contribution >= 0.6 is 0 Å². The van der Waals surface area contributed by atoms with Crippen LogP contribution in [-0.4, -0.2) is 16.9 Å². The van der Waals surface area contributed by atoms with Crippen molar-refractivity contribution < 1.29 is 14.7 Å². The van der Waals surface area contributed by atoms with E-state index in [2.05, 4.69) is 10.6 Å². The molecule has 0 aliphatic rings. The first-order valence-electron chi connectivity index (χ1n) is 6.52. The number of hydrogen-bond acceptors (Lipinski definition) is 3. The number of nitrogens with one attached hydrogen (secondary N) is 2. The van der Waals surface area contributed by atoms with Crippen LogP contribution in [0.15, 0.2) is 54.6 Å². The van der Waals surface area contributed by atoms with Gasteiger partial charge in [-0.15, -0.1) is 0 Å².